The normalized spacial score (nSPS) is 10.3. The molecule has 0 fully saturated rings. The molecule has 1 aromatic carbocycles. The highest BCUT2D eigenvalue weighted by molar-refractivity contribution is 7.13. The van der Waals surface area contributed by atoms with E-state index in [0.717, 1.165) is 11.3 Å². The van der Waals surface area contributed by atoms with Gasteiger partial charge in [-0.2, -0.15) is 4.98 Å². The third kappa shape index (κ3) is 6.22. The van der Waals surface area contributed by atoms with E-state index >= 15 is 0 Å². The maximum Gasteiger partial charge on any atom is 0.350 e. The predicted molar refractivity (Wildman–Crippen MR) is 117 cm³/mol. The van der Waals surface area contributed by atoms with Crippen LogP contribution in [0.25, 0.3) is 0 Å². The van der Waals surface area contributed by atoms with Crippen LogP contribution < -0.4 is 15.4 Å². The van der Waals surface area contributed by atoms with Crippen LogP contribution in [0.5, 0.6) is 11.6 Å². The summed E-state index contributed by atoms with van der Waals surface area (Å²) in [6.07, 6.45) is 1.46. The number of carbonyl (C=O) groups is 3. The van der Waals surface area contributed by atoms with Crippen molar-refractivity contribution in [3.8, 4) is 11.6 Å². The molecule has 12 heteroatoms. The number of nitrogens with zero attached hydrogens (tertiary/aromatic N) is 3. The quantitative estimate of drug-likeness (QED) is 0.302. The summed E-state index contributed by atoms with van der Waals surface area (Å²) in [6.45, 7) is 3.65. The molecule has 0 saturated heterocycles. The van der Waals surface area contributed by atoms with E-state index in [2.05, 4.69) is 25.6 Å². The SMILES string of the molecule is CCOC(=O)c1sc(CNC(=O)C(=O)Nc2ccc(Oc3ccnc(Cl)n3)cc2)nc1C. The number of carbonyl (C=O) groups excluding carboxylic acids is 3. The Balaban J connectivity index is 1.51. The first-order valence-corrected chi connectivity index (χ1v) is 10.5. The van der Waals surface area contributed by atoms with Gasteiger partial charge >= 0.3 is 17.8 Å². The fourth-order valence-electron chi connectivity index (χ4n) is 2.44. The summed E-state index contributed by atoms with van der Waals surface area (Å²) in [5.41, 5.74) is 0.904. The molecule has 0 aliphatic carbocycles. The van der Waals surface area contributed by atoms with Crippen LogP contribution in [0, 0.1) is 6.92 Å². The molecule has 3 aromatic rings. The molecule has 32 heavy (non-hydrogen) atoms. The number of benzene rings is 1. The van der Waals surface area contributed by atoms with Crippen molar-refractivity contribution in [1.82, 2.24) is 20.3 Å². The Morgan fingerprint density at radius 3 is 2.53 bits per heavy atom. The molecule has 2 aromatic heterocycles. The topological polar surface area (TPSA) is 132 Å². The maximum atomic E-state index is 12.1. The number of aryl methyl sites for hydroxylation is 1. The minimum atomic E-state index is -0.847. The smallest absolute Gasteiger partial charge is 0.350 e. The second-order valence-corrected chi connectivity index (χ2v) is 7.59. The average Bonchev–Trinajstić information content (AvgIpc) is 3.14. The number of rotatable bonds is 7. The highest BCUT2D eigenvalue weighted by Gasteiger charge is 2.18. The molecule has 0 aliphatic rings. The highest BCUT2D eigenvalue weighted by atomic mass is 35.5. The van der Waals surface area contributed by atoms with Gasteiger partial charge in [0.05, 0.1) is 18.8 Å². The molecule has 0 bridgehead atoms. The Bertz CT molecular complexity index is 1140. The molecule has 3 rings (SSSR count). The van der Waals surface area contributed by atoms with Crippen LogP contribution >= 0.6 is 22.9 Å². The first kappa shape index (κ1) is 23.1. The molecular formula is C20H18ClN5O5S. The van der Waals surface area contributed by atoms with E-state index < -0.39 is 17.8 Å². The number of hydrogen-bond acceptors (Lipinski definition) is 9. The van der Waals surface area contributed by atoms with Crippen LogP contribution in [0.4, 0.5) is 5.69 Å². The van der Waals surface area contributed by atoms with E-state index in [-0.39, 0.29) is 24.3 Å². The lowest BCUT2D eigenvalue weighted by atomic mass is 10.3. The van der Waals surface area contributed by atoms with Crippen LogP contribution in [0.2, 0.25) is 5.28 Å². The first-order chi connectivity index (χ1) is 15.4. The van der Waals surface area contributed by atoms with Crippen molar-refractivity contribution in [2.24, 2.45) is 0 Å². The van der Waals surface area contributed by atoms with Crippen molar-refractivity contribution in [3.63, 3.8) is 0 Å². The third-order valence-electron chi connectivity index (χ3n) is 3.84. The summed E-state index contributed by atoms with van der Waals surface area (Å²) in [5.74, 6) is -1.43. The van der Waals surface area contributed by atoms with Crippen molar-refractivity contribution in [2.75, 3.05) is 11.9 Å². The van der Waals surface area contributed by atoms with Gasteiger partial charge in [-0.05, 0) is 49.7 Å². The van der Waals surface area contributed by atoms with Gasteiger partial charge < -0.3 is 20.1 Å². The summed E-state index contributed by atoms with van der Waals surface area (Å²) in [5, 5.41) is 5.50. The molecule has 2 N–H and O–H groups in total. The summed E-state index contributed by atoms with van der Waals surface area (Å²) in [6, 6.07) is 7.88. The minimum Gasteiger partial charge on any atom is -0.462 e. The van der Waals surface area contributed by atoms with Crippen molar-refractivity contribution in [2.45, 2.75) is 20.4 Å². The van der Waals surface area contributed by atoms with Crippen LogP contribution in [0.15, 0.2) is 36.5 Å². The fourth-order valence-corrected chi connectivity index (χ4v) is 3.48. The van der Waals surface area contributed by atoms with Crippen molar-refractivity contribution in [1.29, 1.82) is 0 Å². The van der Waals surface area contributed by atoms with E-state index in [1.165, 1.54) is 6.20 Å². The lowest BCUT2D eigenvalue weighted by Crippen LogP contribution is -2.34. The van der Waals surface area contributed by atoms with E-state index in [1.807, 2.05) is 0 Å². The number of amides is 2. The van der Waals surface area contributed by atoms with E-state index in [4.69, 9.17) is 21.1 Å². The van der Waals surface area contributed by atoms with Gasteiger partial charge in [0.25, 0.3) is 0 Å². The fraction of sp³-hybridized carbons (Fsp3) is 0.200. The zero-order valence-electron chi connectivity index (χ0n) is 17.0. The van der Waals surface area contributed by atoms with E-state index in [0.29, 0.717) is 27.0 Å². The first-order valence-electron chi connectivity index (χ1n) is 9.34. The zero-order chi connectivity index (χ0) is 23.1. The van der Waals surface area contributed by atoms with Gasteiger partial charge in [0, 0.05) is 18.0 Å². The molecule has 166 valence electrons. The number of nitrogens with one attached hydrogen (secondary N) is 2. The standard InChI is InChI=1S/C20H18ClN5O5S/c1-3-30-19(29)16-11(2)24-15(32-16)10-23-17(27)18(28)25-12-4-6-13(7-5-12)31-14-8-9-22-20(21)26-14/h4-9H,3,10H2,1-2H3,(H,23,27)(H,25,28). The van der Waals surface area contributed by atoms with E-state index in [1.54, 1.807) is 44.2 Å². The minimum absolute atomic E-state index is 0.00539. The van der Waals surface area contributed by atoms with Crippen LogP contribution in [0.3, 0.4) is 0 Å². The van der Waals surface area contributed by atoms with E-state index in [9.17, 15) is 14.4 Å². The molecule has 2 heterocycles. The number of halogens is 1. The van der Waals surface area contributed by atoms with Gasteiger partial charge in [-0.1, -0.05) is 0 Å². The van der Waals surface area contributed by atoms with Crippen molar-refractivity contribution < 1.29 is 23.9 Å². The number of aromatic nitrogens is 3. The van der Waals surface area contributed by atoms with Gasteiger partial charge in [-0.3, -0.25) is 9.59 Å². The Morgan fingerprint density at radius 1 is 1.09 bits per heavy atom. The van der Waals surface area contributed by atoms with Crippen LogP contribution in [0.1, 0.15) is 27.3 Å². The predicted octanol–water partition coefficient (Wildman–Crippen LogP) is 3.12. The molecule has 0 radical (unpaired) electrons. The Morgan fingerprint density at radius 2 is 1.84 bits per heavy atom. The zero-order valence-corrected chi connectivity index (χ0v) is 18.6. The van der Waals surface area contributed by atoms with Gasteiger partial charge in [0.1, 0.15) is 15.6 Å². The number of thiazole rings is 1. The van der Waals surface area contributed by atoms with Gasteiger partial charge in [0.15, 0.2) is 0 Å². The molecule has 0 aliphatic heterocycles. The monoisotopic (exact) mass is 475 g/mol. The van der Waals surface area contributed by atoms with Crippen molar-refractivity contribution >= 4 is 46.4 Å². The molecular weight excluding hydrogens is 458 g/mol. The number of hydrogen-bond donors (Lipinski definition) is 2. The molecule has 0 saturated carbocycles. The van der Waals surface area contributed by atoms with Gasteiger partial charge in [-0.25, -0.2) is 14.8 Å². The summed E-state index contributed by atoms with van der Waals surface area (Å²) < 4.78 is 10.5. The van der Waals surface area contributed by atoms with Gasteiger partial charge in [0.2, 0.25) is 11.2 Å². The molecule has 10 nitrogen and oxygen atoms in total. The number of esters is 1. The lowest BCUT2D eigenvalue weighted by Gasteiger charge is -2.07. The summed E-state index contributed by atoms with van der Waals surface area (Å²) in [7, 11) is 0. The van der Waals surface area contributed by atoms with Crippen molar-refractivity contribution in [3.05, 3.63) is 57.4 Å². The molecule has 0 spiro atoms. The average molecular weight is 476 g/mol. The largest absolute Gasteiger partial charge is 0.462 e. The highest BCUT2D eigenvalue weighted by Crippen LogP contribution is 2.22. The third-order valence-corrected chi connectivity index (χ3v) is 5.16. The molecule has 2 amide bonds. The summed E-state index contributed by atoms with van der Waals surface area (Å²) in [4.78, 5) is 48.3. The second kappa shape index (κ2) is 10.6. The van der Waals surface area contributed by atoms with Crippen LogP contribution in [-0.4, -0.2) is 39.3 Å². The Kier molecular flexibility index (Phi) is 7.68. The Hall–Kier alpha value is -3.57. The lowest BCUT2D eigenvalue weighted by molar-refractivity contribution is -0.136. The number of ether oxygens (including phenoxy) is 2. The molecule has 0 unspecified atom stereocenters. The second-order valence-electron chi connectivity index (χ2n) is 6.17. The van der Waals surface area contributed by atoms with Crippen LogP contribution in [-0.2, 0) is 20.9 Å². The maximum absolute atomic E-state index is 12.1. The molecule has 0 atom stereocenters. The Labute approximate surface area is 192 Å². The number of anilines is 1. The summed E-state index contributed by atoms with van der Waals surface area (Å²) >= 11 is 6.82. The van der Waals surface area contributed by atoms with Gasteiger partial charge in [-0.15, -0.1) is 11.3 Å².